The van der Waals surface area contributed by atoms with Crippen LogP contribution in [0.15, 0.2) is 48.5 Å². The second kappa shape index (κ2) is 11.3. The molecule has 2 aromatic rings. The van der Waals surface area contributed by atoms with Gasteiger partial charge in [0.15, 0.2) is 0 Å². The van der Waals surface area contributed by atoms with E-state index in [0.29, 0.717) is 56.2 Å². The summed E-state index contributed by atoms with van der Waals surface area (Å²) in [5.41, 5.74) is -0.329. The molecule has 2 aromatic carbocycles. The second-order valence-electron chi connectivity index (χ2n) is 12.2. The zero-order valence-corrected chi connectivity index (χ0v) is 24.9. The first-order chi connectivity index (χ1) is 19.2. The van der Waals surface area contributed by atoms with Gasteiger partial charge >= 0.3 is 6.18 Å². The van der Waals surface area contributed by atoms with Crippen LogP contribution in [0.4, 0.5) is 13.2 Å². The summed E-state index contributed by atoms with van der Waals surface area (Å²) in [4.78, 5) is 15.1. The fraction of sp³-hybridized carbons (Fsp3) is 0.567. The highest BCUT2D eigenvalue weighted by atomic mass is 35.5. The van der Waals surface area contributed by atoms with E-state index >= 15 is 0 Å². The lowest BCUT2D eigenvalue weighted by Crippen LogP contribution is -2.53. The fourth-order valence-corrected chi connectivity index (χ4v) is 9.18. The molecule has 1 heterocycles. The minimum absolute atomic E-state index is 0.0944. The summed E-state index contributed by atoms with van der Waals surface area (Å²) in [5.74, 6) is 0.234. The Hall–Kier alpha value is -1.98. The van der Waals surface area contributed by atoms with Gasteiger partial charge in [0, 0.05) is 49.6 Å². The molecular weight excluding hydrogens is 577 g/mol. The van der Waals surface area contributed by atoms with Gasteiger partial charge in [-0.15, -0.1) is 0 Å². The van der Waals surface area contributed by atoms with Crippen molar-refractivity contribution in [2.24, 2.45) is 16.7 Å². The summed E-state index contributed by atoms with van der Waals surface area (Å²) in [6.45, 7) is 6.33. The van der Waals surface area contributed by atoms with Crippen molar-refractivity contribution < 1.29 is 31.1 Å². The number of ketones is 1. The molecule has 11 heteroatoms. The van der Waals surface area contributed by atoms with Crippen LogP contribution in [0.5, 0.6) is 0 Å². The van der Waals surface area contributed by atoms with Gasteiger partial charge in [0.25, 0.3) is 0 Å². The van der Waals surface area contributed by atoms with E-state index in [-0.39, 0.29) is 29.5 Å². The van der Waals surface area contributed by atoms with Gasteiger partial charge < -0.3 is 4.74 Å². The number of sulfonamides is 1. The Kier molecular flexibility index (Phi) is 8.37. The summed E-state index contributed by atoms with van der Waals surface area (Å²) in [6.07, 6.45) is -2.77. The van der Waals surface area contributed by atoms with Crippen LogP contribution < -0.4 is 0 Å². The summed E-state index contributed by atoms with van der Waals surface area (Å²) in [5, 5.41) is 0.575. The molecule has 3 aliphatic rings. The molecule has 0 amide bonds. The van der Waals surface area contributed by atoms with E-state index in [9.17, 15) is 26.4 Å². The first kappa shape index (κ1) is 30.5. The standard InChI is InChI=1S/C30H36ClF3N2O4S/c1-28(2)24-11-12-29(28,27(37)17-24)20-41(38,39)36-15-13-35(14-16-36)18-26(22-5-9-25(31)10-6-22)40-19-21-3-7-23(8-4-21)30(32,33)34/h3-10,24,26H,11-20H2,1-2H3/t24-,26+,29-/m0/s1. The van der Waals surface area contributed by atoms with Crippen molar-refractivity contribution in [2.45, 2.75) is 52.0 Å². The minimum Gasteiger partial charge on any atom is -0.368 e. The number of alkyl halides is 3. The minimum atomic E-state index is -4.40. The number of halogens is 4. The molecule has 224 valence electrons. The molecule has 0 radical (unpaired) electrons. The van der Waals surface area contributed by atoms with Crippen molar-refractivity contribution in [1.82, 2.24) is 9.21 Å². The van der Waals surface area contributed by atoms with Gasteiger partial charge in [-0.05, 0) is 59.6 Å². The Labute approximate surface area is 244 Å². The molecule has 2 saturated carbocycles. The van der Waals surface area contributed by atoms with Crippen molar-refractivity contribution in [3.8, 4) is 0 Å². The average Bonchev–Trinajstić information content (AvgIpc) is 3.26. The number of hydrogen-bond acceptors (Lipinski definition) is 5. The van der Waals surface area contributed by atoms with Crippen molar-refractivity contribution >= 4 is 27.4 Å². The van der Waals surface area contributed by atoms with E-state index in [1.54, 1.807) is 12.1 Å². The van der Waals surface area contributed by atoms with Crippen LogP contribution in [0.2, 0.25) is 5.02 Å². The molecule has 2 aliphatic carbocycles. The fourth-order valence-electron chi connectivity index (χ4n) is 6.85. The van der Waals surface area contributed by atoms with Crippen LogP contribution in [0, 0.1) is 16.7 Å². The van der Waals surface area contributed by atoms with Crippen LogP contribution in [0.1, 0.15) is 55.9 Å². The molecular formula is C30H36ClF3N2O4S. The Balaban J connectivity index is 1.22. The van der Waals surface area contributed by atoms with E-state index in [1.165, 1.54) is 16.4 Å². The smallest absolute Gasteiger partial charge is 0.368 e. The first-order valence-electron chi connectivity index (χ1n) is 14.0. The summed E-state index contributed by atoms with van der Waals surface area (Å²) in [6, 6.07) is 12.1. The highest BCUT2D eigenvalue weighted by Gasteiger charge is 2.65. The van der Waals surface area contributed by atoms with Gasteiger partial charge in [-0.25, -0.2) is 8.42 Å². The molecule has 0 spiro atoms. The third-order valence-corrected chi connectivity index (χ3v) is 12.0. The second-order valence-corrected chi connectivity index (χ2v) is 14.6. The first-order valence-corrected chi connectivity index (χ1v) is 16.0. The van der Waals surface area contributed by atoms with E-state index in [0.717, 1.165) is 24.1 Å². The Bertz CT molecular complexity index is 1360. The molecule has 3 atom stereocenters. The Morgan fingerprint density at radius 2 is 1.66 bits per heavy atom. The molecule has 0 N–H and O–H groups in total. The monoisotopic (exact) mass is 612 g/mol. The molecule has 5 rings (SSSR count). The maximum absolute atomic E-state index is 13.5. The van der Waals surface area contributed by atoms with Crippen LogP contribution in [0.25, 0.3) is 0 Å². The normalized spacial score (nSPS) is 26.0. The van der Waals surface area contributed by atoms with E-state index in [2.05, 4.69) is 4.90 Å². The lowest BCUT2D eigenvalue weighted by molar-refractivity contribution is -0.137. The summed E-state index contributed by atoms with van der Waals surface area (Å²) >= 11 is 6.08. The predicted octanol–water partition coefficient (Wildman–Crippen LogP) is 5.96. The Morgan fingerprint density at radius 1 is 1.02 bits per heavy atom. The number of ether oxygens (including phenoxy) is 1. The number of benzene rings is 2. The number of carbonyl (C=O) groups is 1. The molecule has 1 aliphatic heterocycles. The van der Waals surface area contributed by atoms with Crippen LogP contribution in [-0.4, -0.2) is 61.9 Å². The maximum atomic E-state index is 13.5. The predicted molar refractivity (Wildman–Crippen MR) is 151 cm³/mol. The molecule has 2 bridgehead atoms. The van der Waals surface area contributed by atoms with E-state index < -0.39 is 33.3 Å². The van der Waals surface area contributed by atoms with Gasteiger partial charge in [-0.2, -0.15) is 17.5 Å². The number of Topliss-reactive ketones (excluding diaryl/α,β-unsaturated/α-hetero) is 1. The van der Waals surface area contributed by atoms with Gasteiger partial charge in [0.05, 0.1) is 24.0 Å². The molecule has 6 nitrogen and oxygen atoms in total. The van der Waals surface area contributed by atoms with Crippen molar-refractivity contribution in [3.05, 3.63) is 70.2 Å². The van der Waals surface area contributed by atoms with Crippen molar-refractivity contribution in [3.63, 3.8) is 0 Å². The summed E-state index contributed by atoms with van der Waals surface area (Å²) < 4.78 is 73.6. The van der Waals surface area contributed by atoms with Crippen molar-refractivity contribution in [2.75, 3.05) is 38.5 Å². The van der Waals surface area contributed by atoms with Crippen LogP contribution >= 0.6 is 11.6 Å². The topological polar surface area (TPSA) is 66.9 Å². The SMILES string of the molecule is CC1(C)[C@H]2CC[C@]1(CS(=O)(=O)N1CCN(C[C@@H](OCc3ccc(C(F)(F)F)cc3)c3ccc(Cl)cc3)CC1)C(=O)C2. The Morgan fingerprint density at radius 3 is 2.20 bits per heavy atom. The number of fused-ring (bicyclic) bond motifs is 2. The number of carbonyl (C=O) groups excluding carboxylic acids is 1. The van der Waals surface area contributed by atoms with Gasteiger partial charge in [0.2, 0.25) is 10.0 Å². The van der Waals surface area contributed by atoms with Crippen LogP contribution in [0.3, 0.4) is 0 Å². The quantitative estimate of drug-likeness (QED) is 0.350. The average molecular weight is 613 g/mol. The number of rotatable bonds is 9. The summed E-state index contributed by atoms with van der Waals surface area (Å²) in [7, 11) is -3.62. The number of piperazine rings is 1. The van der Waals surface area contributed by atoms with Gasteiger partial charge in [0.1, 0.15) is 5.78 Å². The molecule has 41 heavy (non-hydrogen) atoms. The van der Waals surface area contributed by atoms with Gasteiger partial charge in [-0.3, -0.25) is 9.69 Å². The van der Waals surface area contributed by atoms with E-state index in [4.69, 9.17) is 16.3 Å². The highest BCUT2D eigenvalue weighted by Crippen LogP contribution is 2.64. The maximum Gasteiger partial charge on any atom is 0.416 e. The molecule has 0 aromatic heterocycles. The van der Waals surface area contributed by atoms with Crippen molar-refractivity contribution in [1.29, 1.82) is 0 Å². The number of nitrogens with zero attached hydrogens (tertiary/aromatic N) is 2. The zero-order valence-electron chi connectivity index (χ0n) is 23.3. The zero-order chi connectivity index (χ0) is 29.6. The molecule has 0 unspecified atom stereocenters. The molecule has 1 saturated heterocycles. The third-order valence-electron chi connectivity index (χ3n) is 9.69. The highest BCUT2D eigenvalue weighted by molar-refractivity contribution is 7.89. The van der Waals surface area contributed by atoms with E-state index in [1.807, 2.05) is 26.0 Å². The third kappa shape index (κ3) is 6.09. The number of hydrogen-bond donors (Lipinski definition) is 0. The van der Waals surface area contributed by atoms with Crippen LogP contribution in [-0.2, 0) is 32.3 Å². The molecule has 3 fully saturated rings. The lowest BCUT2D eigenvalue weighted by Gasteiger charge is -2.40. The largest absolute Gasteiger partial charge is 0.416 e. The van der Waals surface area contributed by atoms with Gasteiger partial charge in [-0.1, -0.05) is 49.7 Å². The lowest BCUT2D eigenvalue weighted by atomic mass is 9.70.